The highest BCUT2D eigenvalue weighted by atomic mass is 35.5. The number of carbonyl (C=O) groups excluding carboxylic acids is 2. The van der Waals surface area contributed by atoms with Crippen molar-refractivity contribution in [3.05, 3.63) is 94.1 Å². The lowest BCUT2D eigenvalue weighted by Crippen LogP contribution is -2.09. The molecule has 5 rings (SSSR count). The molecule has 0 saturated carbocycles. The quantitative estimate of drug-likeness (QED) is 0.329. The molecule has 7 nitrogen and oxygen atoms in total. The molecule has 0 spiro atoms. The van der Waals surface area contributed by atoms with Crippen LogP contribution in [0.5, 0.6) is 17.2 Å². The molecule has 0 aromatic heterocycles. The van der Waals surface area contributed by atoms with Crippen molar-refractivity contribution < 1.29 is 28.5 Å². The molecule has 3 aromatic rings. The molecule has 0 atom stereocenters. The summed E-state index contributed by atoms with van der Waals surface area (Å²) < 4.78 is 21.4. The van der Waals surface area contributed by atoms with Gasteiger partial charge in [0.15, 0.2) is 17.2 Å². The fraction of sp³-hybridized carbons (Fsp3) is 0.0417. The number of halogens is 1. The second kappa shape index (κ2) is 8.20. The second-order valence-corrected chi connectivity index (χ2v) is 7.27. The van der Waals surface area contributed by atoms with E-state index in [1.165, 1.54) is 6.08 Å². The van der Waals surface area contributed by atoms with E-state index in [0.717, 1.165) is 0 Å². The zero-order chi connectivity index (χ0) is 22.1. The van der Waals surface area contributed by atoms with Gasteiger partial charge in [-0.3, -0.25) is 0 Å². The van der Waals surface area contributed by atoms with Crippen molar-refractivity contribution in [2.45, 2.75) is 0 Å². The first-order chi connectivity index (χ1) is 15.6. The maximum absolute atomic E-state index is 12.7. The molecule has 3 aromatic carbocycles. The van der Waals surface area contributed by atoms with Gasteiger partial charge in [-0.05, 0) is 54.6 Å². The zero-order valence-corrected chi connectivity index (χ0v) is 17.2. The molecule has 0 radical (unpaired) electrons. The molecular formula is C24H14ClNO6. The molecule has 8 heteroatoms. The van der Waals surface area contributed by atoms with Crippen LogP contribution in [0.15, 0.2) is 77.4 Å². The first-order valence-corrected chi connectivity index (χ1v) is 9.94. The minimum absolute atomic E-state index is 0.0847. The number of ether oxygens (including phenoxy) is 4. The number of hydrogen-bond donors (Lipinski definition) is 0. The number of para-hydroxylation sites is 1. The lowest BCUT2D eigenvalue weighted by molar-refractivity contribution is -0.129. The summed E-state index contributed by atoms with van der Waals surface area (Å²) >= 11 is 5.90. The van der Waals surface area contributed by atoms with Crippen molar-refractivity contribution in [3.63, 3.8) is 0 Å². The molecule has 32 heavy (non-hydrogen) atoms. The second-order valence-electron chi connectivity index (χ2n) is 6.84. The summed E-state index contributed by atoms with van der Waals surface area (Å²) in [5.41, 5.74) is 1.50. The molecule has 2 heterocycles. The average Bonchev–Trinajstić information content (AvgIpc) is 3.41. The van der Waals surface area contributed by atoms with E-state index in [0.29, 0.717) is 33.2 Å². The van der Waals surface area contributed by atoms with E-state index < -0.39 is 11.9 Å². The summed E-state index contributed by atoms with van der Waals surface area (Å²) in [6.45, 7) is 0.110. The van der Waals surface area contributed by atoms with Gasteiger partial charge in [-0.15, -0.1) is 0 Å². The van der Waals surface area contributed by atoms with E-state index in [1.807, 2.05) is 0 Å². The van der Waals surface area contributed by atoms with E-state index in [-0.39, 0.29) is 24.1 Å². The van der Waals surface area contributed by atoms with Gasteiger partial charge in [-0.2, -0.15) is 0 Å². The van der Waals surface area contributed by atoms with Crippen LogP contribution in [0.1, 0.15) is 21.5 Å². The first kappa shape index (κ1) is 19.8. The van der Waals surface area contributed by atoms with Crippen molar-refractivity contribution in [2.75, 3.05) is 6.79 Å². The number of carbonyl (C=O) groups is 2. The van der Waals surface area contributed by atoms with Crippen molar-refractivity contribution in [1.29, 1.82) is 0 Å². The molecule has 0 fully saturated rings. The van der Waals surface area contributed by atoms with Gasteiger partial charge in [-0.1, -0.05) is 29.8 Å². The highest BCUT2D eigenvalue weighted by molar-refractivity contribution is 6.30. The third-order valence-electron chi connectivity index (χ3n) is 4.73. The molecule has 0 N–H and O–H groups in total. The Bertz CT molecular complexity index is 1300. The van der Waals surface area contributed by atoms with Gasteiger partial charge in [-0.25, -0.2) is 14.6 Å². The van der Waals surface area contributed by atoms with Crippen LogP contribution in [0, 0.1) is 0 Å². The van der Waals surface area contributed by atoms with E-state index in [4.69, 9.17) is 30.5 Å². The fourth-order valence-electron chi connectivity index (χ4n) is 3.15. The fourth-order valence-corrected chi connectivity index (χ4v) is 3.27. The van der Waals surface area contributed by atoms with Crippen molar-refractivity contribution in [1.82, 2.24) is 0 Å². The molecule has 2 aliphatic rings. The summed E-state index contributed by atoms with van der Waals surface area (Å²) in [6.07, 6.45) is 1.51. The van der Waals surface area contributed by atoms with Gasteiger partial charge >= 0.3 is 11.9 Å². The number of esters is 2. The van der Waals surface area contributed by atoms with E-state index in [9.17, 15) is 9.59 Å². The van der Waals surface area contributed by atoms with E-state index in [1.54, 1.807) is 66.7 Å². The van der Waals surface area contributed by atoms with Gasteiger partial charge in [0.2, 0.25) is 12.7 Å². The summed E-state index contributed by atoms with van der Waals surface area (Å²) in [7, 11) is 0. The van der Waals surface area contributed by atoms with Gasteiger partial charge in [0.25, 0.3) is 0 Å². The summed E-state index contributed by atoms with van der Waals surface area (Å²) in [5, 5.41) is 0.563. The topological polar surface area (TPSA) is 83.4 Å². The molecule has 2 aliphatic heterocycles. The Morgan fingerprint density at radius 2 is 1.78 bits per heavy atom. The molecule has 0 amide bonds. The summed E-state index contributed by atoms with van der Waals surface area (Å²) in [6, 6.07) is 18.4. The number of nitrogens with zero attached hydrogens (tertiary/aromatic N) is 1. The van der Waals surface area contributed by atoms with Crippen LogP contribution in [-0.2, 0) is 9.53 Å². The van der Waals surface area contributed by atoms with Crippen molar-refractivity contribution >= 4 is 35.5 Å². The number of fused-ring (bicyclic) bond motifs is 1. The van der Waals surface area contributed by atoms with Crippen LogP contribution in [0.3, 0.4) is 0 Å². The van der Waals surface area contributed by atoms with Crippen LogP contribution in [0.4, 0.5) is 0 Å². The van der Waals surface area contributed by atoms with Crippen LogP contribution in [-0.4, -0.2) is 24.6 Å². The normalized spacial score (nSPS) is 15.5. The molecule has 0 aliphatic carbocycles. The highest BCUT2D eigenvalue weighted by Crippen LogP contribution is 2.33. The maximum atomic E-state index is 12.7. The van der Waals surface area contributed by atoms with Crippen LogP contribution in [0.25, 0.3) is 6.08 Å². The third kappa shape index (κ3) is 3.93. The third-order valence-corrected chi connectivity index (χ3v) is 4.99. The highest BCUT2D eigenvalue weighted by Gasteiger charge is 2.25. The Morgan fingerprint density at radius 1 is 1.00 bits per heavy atom. The lowest BCUT2D eigenvalue weighted by atomic mass is 10.1. The first-order valence-electron chi connectivity index (χ1n) is 9.56. The van der Waals surface area contributed by atoms with Crippen molar-refractivity contribution in [3.8, 4) is 17.2 Å². The largest absolute Gasteiger partial charge is 0.454 e. The molecule has 0 saturated heterocycles. The van der Waals surface area contributed by atoms with Crippen LogP contribution < -0.4 is 14.2 Å². The van der Waals surface area contributed by atoms with Crippen molar-refractivity contribution in [2.24, 2.45) is 4.99 Å². The standard InChI is InChI=1S/C24H14ClNO6/c25-17-8-5-14(6-9-17)22-26-18(24(28)32-22)11-15-3-1-2-4-19(15)31-23(27)16-7-10-20-21(12-16)30-13-29-20/h1-12H,13H2/b18-11-. The smallest absolute Gasteiger partial charge is 0.363 e. The Labute approximate surface area is 187 Å². The van der Waals surface area contributed by atoms with Gasteiger partial charge < -0.3 is 18.9 Å². The predicted octanol–water partition coefficient (Wildman–Crippen LogP) is 4.63. The minimum Gasteiger partial charge on any atom is -0.454 e. The maximum Gasteiger partial charge on any atom is 0.363 e. The lowest BCUT2D eigenvalue weighted by Gasteiger charge is -2.08. The number of hydrogen-bond acceptors (Lipinski definition) is 7. The minimum atomic E-state index is -0.605. The Hall–Kier alpha value is -4.10. The predicted molar refractivity (Wildman–Crippen MR) is 116 cm³/mol. The van der Waals surface area contributed by atoms with E-state index >= 15 is 0 Å². The average molecular weight is 448 g/mol. The van der Waals surface area contributed by atoms with Gasteiger partial charge in [0.05, 0.1) is 5.56 Å². The molecule has 0 unspecified atom stereocenters. The zero-order valence-electron chi connectivity index (χ0n) is 16.4. The molecule has 158 valence electrons. The van der Waals surface area contributed by atoms with Crippen LogP contribution >= 0.6 is 11.6 Å². The van der Waals surface area contributed by atoms with Crippen LogP contribution in [0.2, 0.25) is 5.02 Å². The van der Waals surface area contributed by atoms with Gasteiger partial charge in [0, 0.05) is 16.1 Å². The molecular weight excluding hydrogens is 434 g/mol. The Balaban J connectivity index is 1.41. The number of aliphatic imine (C=N–C) groups is 1. The summed E-state index contributed by atoms with van der Waals surface area (Å²) in [5.74, 6) is 0.312. The van der Waals surface area contributed by atoms with E-state index in [2.05, 4.69) is 4.99 Å². The summed E-state index contributed by atoms with van der Waals surface area (Å²) in [4.78, 5) is 29.3. The monoisotopic (exact) mass is 447 g/mol. The molecule has 0 bridgehead atoms. The number of rotatable bonds is 4. The SMILES string of the molecule is O=C1OC(c2ccc(Cl)cc2)=N/C1=C\c1ccccc1OC(=O)c1ccc2c(c1)OCO2. The Morgan fingerprint density at radius 3 is 2.62 bits per heavy atom. The Kier molecular flexibility index (Phi) is 5.09. The van der Waals surface area contributed by atoms with Gasteiger partial charge in [0.1, 0.15) is 5.75 Å². The number of cyclic esters (lactones) is 1. The number of benzene rings is 3.